The van der Waals surface area contributed by atoms with Crippen LogP contribution in [-0.2, 0) is 4.74 Å². The van der Waals surface area contributed by atoms with Crippen LogP contribution < -0.4 is 5.73 Å². The summed E-state index contributed by atoms with van der Waals surface area (Å²) < 4.78 is 5.40. The summed E-state index contributed by atoms with van der Waals surface area (Å²) in [4.78, 5) is 22.7. The first kappa shape index (κ1) is 24.2. The second-order valence-electron chi connectivity index (χ2n) is 7.22. The van der Waals surface area contributed by atoms with Crippen LogP contribution in [0.3, 0.4) is 0 Å². The molecule has 0 aromatic rings. The number of ether oxygens (including phenoxy) is 1. The van der Waals surface area contributed by atoms with Crippen molar-refractivity contribution in [1.82, 2.24) is 14.7 Å². The van der Waals surface area contributed by atoms with E-state index in [4.69, 9.17) is 10.5 Å². The van der Waals surface area contributed by atoms with Gasteiger partial charge in [0.15, 0.2) is 5.96 Å². The monoisotopic (exact) mass is 469 g/mol. The topological polar surface area (TPSA) is 74.4 Å². The normalized spacial score (nSPS) is 17.3. The lowest BCUT2D eigenvalue weighted by Crippen LogP contribution is -2.53. The molecule has 1 rings (SSSR count). The molecule has 0 aromatic heterocycles. The molecule has 1 unspecified atom stereocenters. The fourth-order valence-electron chi connectivity index (χ4n) is 2.73. The first-order valence-corrected chi connectivity index (χ1v) is 8.94. The van der Waals surface area contributed by atoms with E-state index in [0.29, 0.717) is 44.7 Å². The van der Waals surface area contributed by atoms with Gasteiger partial charge in [-0.25, -0.2) is 4.79 Å². The summed E-state index contributed by atoms with van der Waals surface area (Å²) in [6.07, 6.45) is -0.257. The van der Waals surface area contributed by atoms with Crippen LogP contribution in [0.4, 0.5) is 4.79 Å². The molecular weight excluding hydrogens is 433 g/mol. The van der Waals surface area contributed by atoms with E-state index in [-0.39, 0.29) is 30.1 Å². The van der Waals surface area contributed by atoms with Gasteiger partial charge in [-0.2, -0.15) is 0 Å². The van der Waals surface area contributed by atoms with Crippen molar-refractivity contribution in [2.24, 2.45) is 10.7 Å². The number of aliphatic imine (C=N–C) groups is 1. The lowest BCUT2D eigenvalue weighted by Gasteiger charge is -2.36. The number of guanidine groups is 1. The Morgan fingerprint density at radius 2 is 1.64 bits per heavy atom. The average molecular weight is 469 g/mol. The van der Waals surface area contributed by atoms with Gasteiger partial charge in [0, 0.05) is 32.2 Å². The maximum atomic E-state index is 12.1. The van der Waals surface area contributed by atoms with E-state index in [2.05, 4.69) is 30.7 Å². The van der Waals surface area contributed by atoms with Crippen LogP contribution in [0.5, 0.6) is 0 Å². The summed E-state index contributed by atoms with van der Waals surface area (Å²) in [5.74, 6) is 0.567. The van der Waals surface area contributed by atoms with Crippen LogP contribution in [0.1, 0.15) is 41.5 Å². The van der Waals surface area contributed by atoms with Crippen LogP contribution in [0.25, 0.3) is 0 Å². The quantitative estimate of drug-likeness (QED) is 0.380. The third kappa shape index (κ3) is 8.44. The minimum atomic E-state index is -0.463. The number of halogens is 1. The van der Waals surface area contributed by atoms with Gasteiger partial charge in [-0.15, -0.1) is 24.0 Å². The van der Waals surface area contributed by atoms with Gasteiger partial charge in [-0.1, -0.05) is 13.8 Å². The van der Waals surface area contributed by atoms with E-state index in [1.165, 1.54) is 0 Å². The Hall–Kier alpha value is -0.770. The molecule has 0 aliphatic carbocycles. The van der Waals surface area contributed by atoms with E-state index in [0.717, 1.165) is 13.1 Å². The second kappa shape index (κ2) is 11.1. The van der Waals surface area contributed by atoms with Crippen molar-refractivity contribution < 1.29 is 9.53 Å². The first-order chi connectivity index (χ1) is 11.2. The number of amides is 1. The maximum absolute atomic E-state index is 12.1. The summed E-state index contributed by atoms with van der Waals surface area (Å²) in [6, 6.07) is 0.376. The predicted octanol–water partition coefficient (Wildman–Crippen LogP) is 2.20. The number of rotatable bonds is 5. The van der Waals surface area contributed by atoms with Gasteiger partial charge >= 0.3 is 6.09 Å². The van der Waals surface area contributed by atoms with Crippen molar-refractivity contribution in [1.29, 1.82) is 0 Å². The van der Waals surface area contributed by atoms with Gasteiger partial charge in [0.2, 0.25) is 0 Å². The molecule has 0 spiro atoms. The molecular formula is C17H36IN5O2. The number of nitrogens with zero attached hydrogens (tertiary/aromatic N) is 4. The van der Waals surface area contributed by atoms with E-state index in [9.17, 15) is 4.79 Å². The highest BCUT2D eigenvalue weighted by Crippen LogP contribution is 2.11. The van der Waals surface area contributed by atoms with E-state index >= 15 is 0 Å². The Morgan fingerprint density at radius 3 is 2.08 bits per heavy atom. The molecule has 0 radical (unpaired) electrons. The molecule has 1 aliphatic rings. The SMILES string of the molecule is CCN(CC)C(C)CN=C(N)N1CCN(C(=O)OC(C)(C)C)CC1.I. The maximum Gasteiger partial charge on any atom is 0.410 e. The standard InChI is InChI=1S/C17H35N5O2.HI/c1-7-20(8-2)14(3)13-19-15(18)21-9-11-22(12-10-21)16(23)24-17(4,5)6;/h14H,7-13H2,1-6H3,(H2,18,19);1H. The van der Waals surface area contributed by atoms with Crippen LogP contribution in [0.2, 0.25) is 0 Å². The first-order valence-electron chi connectivity index (χ1n) is 8.94. The van der Waals surface area contributed by atoms with Crippen LogP contribution >= 0.6 is 24.0 Å². The van der Waals surface area contributed by atoms with Crippen molar-refractivity contribution >= 4 is 36.0 Å². The molecule has 1 amide bonds. The Kier molecular flexibility index (Phi) is 10.7. The molecule has 0 bridgehead atoms. The van der Waals surface area contributed by atoms with Crippen molar-refractivity contribution in [2.45, 2.75) is 53.2 Å². The summed E-state index contributed by atoms with van der Waals surface area (Å²) in [5.41, 5.74) is 5.66. The molecule has 8 heteroatoms. The van der Waals surface area contributed by atoms with Crippen molar-refractivity contribution in [3.05, 3.63) is 0 Å². The average Bonchev–Trinajstić information content (AvgIpc) is 2.52. The van der Waals surface area contributed by atoms with Crippen molar-refractivity contribution in [3.8, 4) is 0 Å². The molecule has 148 valence electrons. The molecule has 1 saturated heterocycles. The Bertz CT molecular complexity index is 427. The van der Waals surface area contributed by atoms with E-state index in [1.807, 2.05) is 25.7 Å². The smallest absolute Gasteiger partial charge is 0.410 e. The number of likely N-dealkylation sites (N-methyl/N-ethyl adjacent to an activating group) is 1. The fraction of sp³-hybridized carbons (Fsp3) is 0.882. The number of piperazine rings is 1. The van der Waals surface area contributed by atoms with Gasteiger partial charge in [0.1, 0.15) is 5.60 Å². The molecule has 0 saturated carbocycles. The highest BCUT2D eigenvalue weighted by atomic mass is 127. The van der Waals surface area contributed by atoms with Gasteiger partial charge in [0.25, 0.3) is 0 Å². The predicted molar refractivity (Wildman–Crippen MR) is 114 cm³/mol. The zero-order chi connectivity index (χ0) is 18.3. The van der Waals surface area contributed by atoms with Crippen molar-refractivity contribution in [2.75, 3.05) is 45.8 Å². The highest BCUT2D eigenvalue weighted by Gasteiger charge is 2.26. The molecule has 1 heterocycles. The number of nitrogens with two attached hydrogens (primary N) is 1. The molecule has 1 fully saturated rings. The van der Waals surface area contributed by atoms with Gasteiger partial charge in [-0.05, 0) is 40.8 Å². The zero-order valence-electron chi connectivity index (χ0n) is 16.6. The molecule has 2 N–H and O–H groups in total. The van der Waals surface area contributed by atoms with Crippen LogP contribution in [0.15, 0.2) is 4.99 Å². The van der Waals surface area contributed by atoms with E-state index < -0.39 is 5.60 Å². The Balaban J connectivity index is 0.00000576. The largest absolute Gasteiger partial charge is 0.444 e. The van der Waals surface area contributed by atoms with Gasteiger partial charge < -0.3 is 20.3 Å². The number of hydrogen-bond acceptors (Lipinski definition) is 4. The minimum Gasteiger partial charge on any atom is -0.444 e. The Labute approximate surface area is 170 Å². The van der Waals surface area contributed by atoms with Crippen LogP contribution in [0, 0.1) is 0 Å². The van der Waals surface area contributed by atoms with Crippen molar-refractivity contribution in [3.63, 3.8) is 0 Å². The third-order valence-corrected chi connectivity index (χ3v) is 4.21. The molecule has 0 aromatic carbocycles. The second-order valence-corrected chi connectivity index (χ2v) is 7.22. The lowest BCUT2D eigenvalue weighted by atomic mass is 10.2. The molecule has 25 heavy (non-hydrogen) atoms. The number of hydrogen-bond donors (Lipinski definition) is 1. The molecule has 1 aliphatic heterocycles. The summed E-state index contributed by atoms with van der Waals surface area (Å²) >= 11 is 0. The van der Waals surface area contributed by atoms with Gasteiger partial charge in [0.05, 0.1) is 6.54 Å². The van der Waals surface area contributed by atoms with Crippen LogP contribution in [-0.4, -0.2) is 84.2 Å². The summed E-state index contributed by atoms with van der Waals surface area (Å²) in [5, 5.41) is 0. The number of carbonyl (C=O) groups excluding carboxylic acids is 1. The zero-order valence-corrected chi connectivity index (χ0v) is 18.9. The molecule has 1 atom stereocenters. The Morgan fingerprint density at radius 1 is 1.16 bits per heavy atom. The summed E-state index contributed by atoms with van der Waals surface area (Å²) in [6.45, 7) is 17.4. The lowest BCUT2D eigenvalue weighted by molar-refractivity contribution is 0.0186. The summed E-state index contributed by atoms with van der Waals surface area (Å²) in [7, 11) is 0. The third-order valence-electron chi connectivity index (χ3n) is 4.21. The highest BCUT2D eigenvalue weighted by molar-refractivity contribution is 14.0. The fourth-order valence-corrected chi connectivity index (χ4v) is 2.73. The number of carbonyl (C=O) groups is 1. The molecule has 7 nitrogen and oxygen atoms in total. The van der Waals surface area contributed by atoms with Gasteiger partial charge in [-0.3, -0.25) is 9.89 Å². The van der Waals surface area contributed by atoms with E-state index in [1.54, 1.807) is 4.90 Å². The minimum absolute atomic E-state index is 0.